The Balaban J connectivity index is 0.00000400. The smallest absolute Gasteiger partial charge is 0.237 e. The maximum Gasteiger partial charge on any atom is 0.237 e. The zero-order valence-electron chi connectivity index (χ0n) is 13.4. The Morgan fingerprint density at radius 3 is 2.33 bits per heavy atom. The highest BCUT2D eigenvalue weighted by Gasteiger charge is 2.29. The van der Waals surface area contributed by atoms with Gasteiger partial charge in [-0.25, -0.2) is 0 Å². The first-order valence-corrected chi connectivity index (χ1v) is 7.63. The molecule has 0 heterocycles. The SMILES string of the molecule is CC(C)(CNC(=O)[C@@H](N)C(C)(C)C)c1cccc(Br)c1.Cl. The zero-order valence-corrected chi connectivity index (χ0v) is 15.8. The lowest BCUT2D eigenvalue weighted by Crippen LogP contribution is -2.50. The van der Waals surface area contributed by atoms with Gasteiger partial charge in [-0.3, -0.25) is 4.79 Å². The predicted molar refractivity (Wildman–Crippen MR) is 94.9 cm³/mol. The van der Waals surface area contributed by atoms with Crippen LogP contribution in [-0.4, -0.2) is 18.5 Å². The Morgan fingerprint density at radius 1 is 1.29 bits per heavy atom. The van der Waals surface area contributed by atoms with Crippen molar-refractivity contribution in [2.75, 3.05) is 6.54 Å². The van der Waals surface area contributed by atoms with Crippen LogP contribution in [0, 0.1) is 5.41 Å². The minimum absolute atomic E-state index is 0. The van der Waals surface area contributed by atoms with Crippen LogP contribution in [0.15, 0.2) is 28.7 Å². The van der Waals surface area contributed by atoms with Crippen LogP contribution < -0.4 is 11.1 Å². The molecule has 21 heavy (non-hydrogen) atoms. The lowest BCUT2D eigenvalue weighted by atomic mass is 9.83. The molecule has 0 aliphatic rings. The van der Waals surface area contributed by atoms with Crippen molar-refractivity contribution in [3.05, 3.63) is 34.3 Å². The molecule has 0 unspecified atom stereocenters. The van der Waals surface area contributed by atoms with E-state index in [1.807, 2.05) is 32.9 Å². The van der Waals surface area contributed by atoms with Gasteiger partial charge >= 0.3 is 0 Å². The van der Waals surface area contributed by atoms with Gasteiger partial charge in [-0.2, -0.15) is 0 Å². The Labute approximate surface area is 142 Å². The van der Waals surface area contributed by atoms with Crippen molar-refractivity contribution in [3.63, 3.8) is 0 Å². The first-order chi connectivity index (χ1) is 9.04. The molecule has 0 bridgehead atoms. The Bertz CT molecular complexity index is 483. The van der Waals surface area contributed by atoms with E-state index in [9.17, 15) is 4.79 Å². The first-order valence-electron chi connectivity index (χ1n) is 6.83. The fraction of sp³-hybridized carbons (Fsp3) is 0.562. The number of carbonyl (C=O) groups is 1. The first kappa shape index (κ1) is 20.4. The molecule has 0 radical (unpaired) electrons. The minimum Gasteiger partial charge on any atom is -0.354 e. The van der Waals surface area contributed by atoms with Crippen LogP contribution in [0.4, 0.5) is 0 Å². The third-order valence-corrected chi connectivity index (χ3v) is 4.02. The van der Waals surface area contributed by atoms with Crippen molar-refractivity contribution in [2.24, 2.45) is 11.1 Å². The van der Waals surface area contributed by atoms with Crippen LogP contribution in [0.2, 0.25) is 0 Å². The molecule has 5 heteroatoms. The van der Waals surface area contributed by atoms with E-state index in [-0.39, 0.29) is 29.1 Å². The largest absolute Gasteiger partial charge is 0.354 e. The second-order valence-corrected chi connectivity index (χ2v) is 7.87. The van der Waals surface area contributed by atoms with Gasteiger partial charge in [0.1, 0.15) is 0 Å². The van der Waals surface area contributed by atoms with Gasteiger partial charge in [0, 0.05) is 16.4 Å². The molecule has 1 aromatic carbocycles. The summed E-state index contributed by atoms with van der Waals surface area (Å²) in [6.07, 6.45) is 0. The molecule has 1 atom stereocenters. The van der Waals surface area contributed by atoms with Crippen molar-refractivity contribution in [1.82, 2.24) is 5.32 Å². The number of carbonyl (C=O) groups excluding carboxylic acids is 1. The van der Waals surface area contributed by atoms with E-state index >= 15 is 0 Å². The maximum atomic E-state index is 12.1. The van der Waals surface area contributed by atoms with Gasteiger partial charge < -0.3 is 11.1 Å². The van der Waals surface area contributed by atoms with Gasteiger partial charge in [0.2, 0.25) is 5.91 Å². The van der Waals surface area contributed by atoms with Gasteiger partial charge in [-0.15, -0.1) is 12.4 Å². The van der Waals surface area contributed by atoms with Gasteiger partial charge in [0.25, 0.3) is 0 Å². The van der Waals surface area contributed by atoms with E-state index in [1.54, 1.807) is 0 Å². The number of amides is 1. The lowest BCUT2D eigenvalue weighted by Gasteiger charge is -2.30. The molecule has 0 spiro atoms. The van der Waals surface area contributed by atoms with Crippen LogP contribution in [0.1, 0.15) is 40.2 Å². The van der Waals surface area contributed by atoms with Gasteiger partial charge in [-0.1, -0.05) is 62.7 Å². The van der Waals surface area contributed by atoms with E-state index in [0.29, 0.717) is 6.54 Å². The number of benzene rings is 1. The summed E-state index contributed by atoms with van der Waals surface area (Å²) in [5.41, 5.74) is 6.77. The molecule has 0 saturated heterocycles. The molecule has 3 nitrogen and oxygen atoms in total. The van der Waals surface area contributed by atoms with Crippen molar-refractivity contribution < 1.29 is 4.79 Å². The third-order valence-electron chi connectivity index (χ3n) is 3.53. The van der Waals surface area contributed by atoms with Crippen LogP contribution in [0.25, 0.3) is 0 Å². The van der Waals surface area contributed by atoms with Crippen molar-refractivity contribution in [1.29, 1.82) is 0 Å². The summed E-state index contributed by atoms with van der Waals surface area (Å²) < 4.78 is 1.04. The third kappa shape index (κ3) is 5.97. The summed E-state index contributed by atoms with van der Waals surface area (Å²) in [4.78, 5) is 12.1. The quantitative estimate of drug-likeness (QED) is 0.841. The van der Waals surface area contributed by atoms with Gasteiger partial charge in [-0.05, 0) is 23.1 Å². The van der Waals surface area contributed by atoms with Crippen molar-refractivity contribution in [3.8, 4) is 0 Å². The Morgan fingerprint density at radius 2 is 1.86 bits per heavy atom. The molecule has 0 fully saturated rings. The Hall–Kier alpha value is -0.580. The average Bonchev–Trinajstić information content (AvgIpc) is 2.34. The van der Waals surface area contributed by atoms with E-state index in [2.05, 4.69) is 47.2 Å². The highest BCUT2D eigenvalue weighted by Crippen LogP contribution is 2.25. The molecule has 0 aromatic heterocycles. The summed E-state index contributed by atoms with van der Waals surface area (Å²) in [7, 11) is 0. The van der Waals surface area contributed by atoms with E-state index in [0.717, 1.165) is 4.47 Å². The average molecular weight is 378 g/mol. The molecule has 0 saturated carbocycles. The molecular weight excluding hydrogens is 352 g/mol. The molecule has 120 valence electrons. The second-order valence-electron chi connectivity index (χ2n) is 6.96. The number of halogens is 2. The second kappa shape index (κ2) is 7.61. The monoisotopic (exact) mass is 376 g/mol. The Kier molecular flexibility index (Phi) is 7.40. The number of nitrogens with two attached hydrogens (primary N) is 1. The fourth-order valence-electron chi connectivity index (χ4n) is 1.82. The fourth-order valence-corrected chi connectivity index (χ4v) is 2.22. The normalized spacial score (nSPS) is 13.3. The molecular formula is C16H26BrClN2O. The lowest BCUT2D eigenvalue weighted by molar-refractivity contribution is -0.124. The standard InChI is InChI=1S/C16H25BrN2O.ClH/c1-15(2,3)13(18)14(20)19-10-16(4,5)11-7-6-8-12(17)9-11;/h6-9,13H,10,18H2,1-5H3,(H,19,20);1H/t13-;/m1./s1. The van der Waals surface area contributed by atoms with E-state index < -0.39 is 6.04 Å². The number of hydrogen-bond acceptors (Lipinski definition) is 2. The summed E-state index contributed by atoms with van der Waals surface area (Å²) in [5.74, 6) is -0.0967. The summed E-state index contributed by atoms with van der Waals surface area (Å²) in [6.45, 7) is 10.7. The van der Waals surface area contributed by atoms with Gasteiger partial charge in [0.05, 0.1) is 6.04 Å². The van der Waals surface area contributed by atoms with Crippen molar-refractivity contribution in [2.45, 2.75) is 46.1 Å². The summed E-state index contributed by atoms with van der Waals surface area (Å²) >= 11 is 3.48. The minimum atomic E-state index is -0.499. The molecule has 0 aliphatic carbocycles. The van der Waals surface area contributed by atoms with Crippen LogP contribution in [0.3, 0.4) is 0 Å². The van der Waals surface area contributed by atoms with Crippen molar-refractivity contribution >= 4 is 34.2 Å². The topological polar surface area (TPSA) is 55.1 Å². The number of hydrogen-bond donors (Lipinski definition) is 2. The van der Waals surface area contributed by atoms with Crippen LogP contribution >= 0.6 is 28.3 Å². The highest BCUT2D eigenvalue weighted by molar-refractivity contribution is 9.10. The number of nitrogens with one attached hydrogen (secondary N) is 1. The van der Waals surface area contributed by atoms with Crippen LogP contribution in [-0.2, 0) is 10.2 Å². The number of rotatable bonds is 4. The summed E-state index contributed by atoms with van der Waals surface area (Å²) in [6, 6.07) is 7.65. The zero-order chi connectivity index (χ0) is 15.6. The highest BCUT2D eigenvalue weighted by atomic mass is 79.9. The predicted octanol–water partition coefficient (Wildman–Crippen LogP) is 3.64. The molecule has 3 N–H and O–H groups in total. The molecule has 0 aliphatic heterocycles. The van der Waals surface area contributed by atoms with Gasteiger partial charge in [0.15, 0.2) is 0 Å². The molecule has 1 aromatic rings. The maximum absolute atomic E-state index is 12.1. The molecule has 1 rings (SSSR count). The van der Waals surface area contributed by atoms with E-state index in [1.165, 1.54) is 5.56 Å². The molecule has 1 amide bonds. The summed E-state index contributed by atoms with van der Waals surface area (Å²) in [5, 5.41) is 2.97. The van der Waals surface area contributed by atoms with Crippen LogP contribution in [0.5, 0.6) is 0 Å². The van der Waals surface area contributed by atoms with E-state index in [4.69, 9.17) is 5.73 Å².